The smallest absolute Gasteiger partial charge is 0.0634 e. The number of rotatable bonds is 3. The van der Waals surface area contributed by atoms with Gasteiger partial charge in [0.25, 0.3) is 0 Å². The average molecular weight is 304 g/mol. The number of hydrogen-bond donors (Lipinski definition) is 0. The van der Waals surface area contributed by atoms with Gasteiger partial charge in [0.05, 0.1) is 5.02 Å². The molecule has 0 aliphatic carbocycles. The summed E-state index contributed by atoms with van der Waals surface area (Å²) in [5.74, 6) is 0.851. The normalized spacial score (nSPS) is 18.9. The van der Waals surface area contributed by atoms with Crippen molar-refractivity contribution >= 4 is 27.5 Å². The molecule has 1 aliphatic rings. The molecule has 0 N–H and O–H groups in total. The van der Waals surface area contributed by atoms with Crippen LogP contribution in [0.5, 0.6) is 0 Å². The Kier molecular flexibility index (Phi) is 4.62. The molecule has 2 heterocycles. The van der Waals surface area contributed by atoms with Crippen LogP contribution in [-0.4, -0.2) is 28.3 Å². The van der Waals surface area contributed by atoms with Crippen LogP contribution in [0, 0.1) is 5.92 Å². The minimum Gasteiger partial charge on any atom is -0.299 e. The summed E-state index contributed by atoms with van der Waals surface area (Å²) in [6, 6.07) is 2.01. The van der Waals surface area contributed by atoms with Gasteiger partial charge in [-0.25, -0.2) is 0 Å². The van der Waals surface area contributed by atoms with Crippen LogP contribution in [0.4, 0.5) is 0 Å². The van der Waals surface area contributed by atoms with Crippen LogP contribution in [0.15, 0.2) is 18.5 Å². The van der Waals surface area contributed by atoms with Crippen molar-refractivity contribution in [3.05, 3.63) is 29.0 Å². The van der Waals surface area contributed by atoms with Crippen molar-refractivity contribution in [1.29, 1.82) is 0 Å². The Morgan fingerprint density at radius 2 is 2.19 bits per heavy atom. The molecule has 0 saturated carbocycles. The predicted molar refractivity (Wildman–Crippen MR) is 71.0 cm³/mol. The summed E-state index contributed by atoms with van der Waals surface area (Å²) < 4.78 is 0. The highest BCUT2D eigenvalue weighted by Gasteiger charge is 2.18. The molecule has 0 atom stereocenters. The maximum Gasteiger partial charge on any atom is 0.0634 e. The predicted octanol–water partition coefficient (Wildman–Crippen LogP) is 3.34. The van der Waals surface area contributed by atoms with Crippen molar-refractivity contribution in [3.63, 3.8) is 0 Å². The van der Waals surface area contributed by atoms with Crippen LogP contribution in [0.25, 0.3) is 0 Å². The number of aromatic nitrogens is 1. The molecule has 4 heteroatoms. The molecule has 1 saturated heterocycles. The number of alkyl halides is 1. The molecule has 2 nitrogen and oxygen atoms in total. The van der Waals surface area contributed by atoms with Gasteiger partial charge in [0, 0.05) is 24.3 Å². The fourth-order valence-corrected chi connectivity index (χ4v) is 2.90. The molecule has 1 aromatic heterocycles. The van der Waals surface area contributed by atoms with Crippen LogP contribution < -0.4 is 0 Å². The molecule has 0 amide bonds. The topological polar surface area (TPSA) is 16.1 Å². The standard InChI is InChI=1S/C12H16BrClN2/c13-7-10-2-5-16(6-3-10)9-11-1-4-15-8-12(11)14/h1,4,8,10H,2-3,5-7,9H2. The van der Waals surface area contributed by atoms with Gasteiger partial charge in [-0.1, -0.05) is 27.5 Å². The Balaban J connectivity index is 1.89. The van der Waals surface area contributed by atoms with Gasteiger partial charge in [0.2, 0.25) is 0 Å². The minimum absolute atomic E-state index is 0.783. The van der Waals surface area contributed by atoms with Gasteiger partial charge in [0.15, 0.2) is 0 Å². The van der Waals surface area contributed by atoms with Crippen LogP contribution in [0.2, 0.25) is 5.02 Å². The number of likely N-dealkylation sites (tertiary alicyclic amines) is 1. The molecule has 2 rings (SSSR count). The van der Waals surface area contributed by atoms with Gasteiger partial charge in [-0.3, -0.25) is 9.88 Å². The summed E-state index contributed by atoms with van der Waals surface area (Å²) in [4.78, 5) is 6.48. The van der Waals surface area contributed by atoms with E-state index < -0.39 is 0 Å². The van der Waals surface area contributed by atoms with E-state index in [0.717, 1.165) is 22.8 Å². The summed E-state index contributed by atoms with van der Waals surface area (Å²) in [5, 5.41) is 1.92. The molecule has 0 aromatic carbocycles. The van der Waals surface area contributed by atoms with E-state index in [-0.39, 0.29) is 0 Å². The first kappa shape index (κ1) is 12.3. The fraction of sp³-hybridized carbons (Fsp3) is 0.583. The average Bonchev–Trinajstić information content (AvgIpc) is 2.33. The molecule has 0 spiro atoms. The van der Waals surface area contributed by atoms with Crippen molar-refractivity contribution in [3.8, 4) is 0 Å². The zero-order chi connectivity index (χ0) is 11.4. The Morgan fingerprint density at radius 3 is 2.81 bits per heavy atom. The second-order valence-corrected chi connectivity index (χ2v) is 5.40. The van der Waals surface area contributed by atoms with Crippen LogP contribution in [-0.2, 0) is 6.54 Å². The Labute approximate surface area is 110 Å². The molecule has 0 unspecified atom stereocenters. The van der Waals surface area contributed by atoms with Crippen LogP contribution in [0.3, 0.4) is 0 Å². The molecule has 1 aliphatic heterocycles. The largest absolute Gasteiger partial charge is 0.299 e. The maximum absolute atomic E-state index is 6.10. The number of piperidine rings is 1. The van der Waals surface area contributed by atoms with E-state index in [1.54, 1.807) is 6.20 Å². The first-order valence-electron chi connectivity index (χ1n) is 5.66. The van der Waals surface area contributed by atoms with Crippen molar-refractivity contribution in [1.82, 2.24) is 9.88 Å². The molecule has 0 radical (unpaired) electrons. The second-order valence-electron chi connectivity index (χ2n) is 4.34. The molecule has 0 bridgehead atoms. The summed E-state index contributed by atoms with van der Waals surface area (Å²) in [6.07, 6.45) is 6.11. The third kappa shape index (κ3) is 3.19. The molecule has 16 heavy (non-hydrogen) atoms. The van der Waals surface area contributed by atoms with Gasteiger partial charge in [-0.2, -0.15) is 0 Å². The van der Waals surface area contributed by atoms with Crippen molar-refractivity contribution in [2.75, 3.05) is 18.4 Å². The van der Waals surface area contributed by atoms with E-state index >= 15 is 0 Å². The van der Waals surface area contributed by atoms with Crippen molar-refractivity contribution < 1.29 is 0 Å². The minimum atomic E-state index is 0.783. The van der Waals surface area contributed by atoms with Gasteiger partial charge in [-0.05, 0) is 43.5 Å². The number of halogens is 2. The zero-order valence-corrected chi connectivity index (χ0v) is 11.5. The van der Waals surface area contributed by atoms with Gasteiger partial charge in [0.1, 0.15) is 0 Å². The fourth-order valence-electron chi connectivity index (χ4n) is 2.07. The summed E-state index contributed by atoms with van der Waals surface area (Å²) in [7, 11) is 0. The van der Waals surface area contributed by atoms with Gasteiger partial charge >= 0.3 is 0 Å². The van der Waals surface area contributed by atoms with E-state index in [4.69, 9.17) is 11.6 Å². The van der Waals surface area contributed by atoms with Crippen LogP contribution >= 0.6 is 27.5 Å². The van der Waals surface area contributed by atoms with Gasteiger partial charge < -0.3 is 0 Å². The van der Waals surface area contributed by atoms with Crippen molar-refractivity contribution in [2.24, 2.45) is 5.92 Å². The van der Waals surface area contributed by atoms with E-state index in [0.29, 0.717) is 0 Å². The Morgan fingerprint density at radius 1 is 1.44 bits per heavy atom. The number of hydrogen-bond acceptors (Lipinski definition) is 2. The summed E-state index contributed by atoms with van der Waals surface area (Å²) in [5.41, 5.74) is 1.19. The Bertz CT molecular complexity index is 338. The quantitative estimate of drug-likeness (QED) is 0.796. The number of nitrogens with zero attached hydrogens (tertiary/aromatic N) is 2. The second kappa shape index (κ2) is 5.99. The lowest BCUT2D eigenvalue weighted by Crippen LogP contribution is -2.33. The first-order chi connectivity index (χ1) is 7.79. The van der Waals surface area contributed by atoms with Gasteiger partial charge in [-0.15, -0.1) is 0 Å². The van der Waals surface area contributed by atoms with Crippen LogP contribution in [0.1, 0.15) is 18.4 Å². The summed E-state index contributed by atoms with van der Waals surface area (Å²) >= 11 is 9.66. The molecule has 1 aromatic rings. The highest BCUT2D eigenvalue weighted by atomic mass is 79.9. The van der Waals surface area contributed by atoms with E-state index in [1.165, 1.54) is 31.5 Å². The Hall–Kier alpha value is -0.120. The SMILES string of the molecule is Clc1cnccc1CN1CCC(CBr)CC1. The van der Waals surface area contributed by atoms with E-state index in [2.05, 4.69) is 25.8 Å². The summed E-state index contributed by atoms with van der Waals surface area (Å²) in [6.45, 7) is 3.31. The zero-order valence-electron chi connectivity index (χ0n) is 9.20. The molecular formula is C12H16BrClN2. The number of pyridine rings is 1. The lowest BCUT2D eigenvalue weighted by Gasteiger charge is -2.31. The lowest BCUT2D eigenvalue weighted by molar-refractivity contribution is 0.187. The highest BCUT2D eigenvalue weighted by Crippen LogP contribution is 2.22. The lowest BCUT2D eigenvalue weighted by atomic mass is 9.99. The monoisotopic (exact) mass is 302 g/mol. The molecule has 1 fully saturated rings. The highest BCUT2D eigenvalue weighted by molar-refractivity contribution is 9.09. The van der Waals surface area contributed by atoms with Crippen molar-refractivity contribution in [2.45, 2.75) is 19.4 Å². The molecular weight excluding hydrogens is 288 g/mol. The molecule has 88 valence electrons. The third-order valence-electron chi connectivity index (χ3n) is 3.18. The third-order valence-corrected chi connectivity index (χ3v) is 4.43. The van der Waals surface area contributed by atoms with E-state index in [1.807, 2.05) is 12.3 Å². The maximum atomic E-state index is 6.10. The van der Waals surface area contributed by atoms with E-state index in [9.17, 15) is 0 Å². The first-order valence-corrected chi connectivity index (χ1v) is 7.16.